The summed E-state index contributed by atoms with van der Waals surface area (Å²) in [6, 6.07) is 9.14. The van der Waals surface area contributed by atoms with Crippen molar-refractivity contribution in [1.82, 2.24) is 5.32 Å². The Bertz CT molecular complexity index is 598. The van der Waals surface area contributed by atoms with Crippen LogP contribution >= 0.6 is 0 Å². The van der Waals surface area contributed by atoms with Gasteiger partial charge < -0.3 is 14.2 Å². The normalized spacial score (nSPS) is 20.0. The average molecular weight is 319 g/mol. The molecule has 0 aliphatic carbocycles. The van der Waals surface area contributed by atoms with Crippen molar-refractivity contribution in [1.29, 1.82) is 0 Å². The molecule has 2 rings (SSSR count). The van der Waals surface area contributed by atoms with Gasteiger partial charge in [-0.2, -0.15) is 0 Å². The maximum atomic E-state index is 11.7. The minimum absolute atomic E-state index is 0.0314. The van der Waals surface area contributed by atoms with Crippen molar-refractivity contribution in [2.24, 2.45) is 0 Å². The molecule has 0 aromatic heterocycles. The largest absolute Gasteiger partial charge is 0.463 e. The standard InChI is InChI=1S/C16H17NO6/c1-11(18)21-10-13-7-8-14(19)15(23-13)17-16(20)22-9-12-5-3-2-4-6-12/h2-8,13,15H,9-10H2,1H3,(H,17,20)/t13-,15-/m0/s1. The smallest absolute Gasteiger partial charge is 0.409 e. The third-order valence-electron chi connectivity index (χ3n) is 2.96. The summed E-state index contributed by atoms with van der Waals surface area (Å²) in [6.45, 7) is 1.32. The van der Waals surface area contributed by atoms with E-state index < -0.39 is 30.2 Å². The van der Waals surface area contributed by atoms with E-state index >= 15 is 0 Å². The van der Waals surface area contributed by atoms with E-state index in [2.05, 4.69) is 5.32 Å². The first-order chi connectivity index (χ1) is 11.0. The number of ketones is 1. The van der Waals surface area contributed by atoms with Gasteiger partial charge in [-0.1, -0.05) is 30.3 Å². The van der Waals surface area contributed by atoms with Gasteiger partial charge in [0.2, 0.25) is 5.78 Å². The van der Waals surface area contributed by atoms with Gasteiger partial charge in [0.25, 0.3) is 0 Å². The van der Waals surface area contributed by atoms with Gasteiger partial charge in [-0.05, 0) is 17.7 Å². The van der Waals surface area contributed by atoms with Crippen LogP contribution in [0.2, 0.25) is 0 Å². The van der Waals surface area contributed by atoms with Crippen LogP contribution in [-0.4, -0.2) is 36.8 Å². The Morgan fingerprint density at radius 1 is 1.22 bits per heavy atom. The van der Waals surface area contributed by atoms with Gasteiger partial charge in [-0.15, -0.1) is 0 Å². The van der Waals surface area contributed by atoms with Gasteiger partial charge in [0.05, 0.1) is 0 Å². The van der Waals surface area contributed by atoms with Crippen LogP contribution in [0.5, 0.6) is 0 Å². The van der Waals surface area contributed by atoms with Crippen LogP contribution < -0.4 is 5.32 Å². The summed E-state index contributed by atoms with van der Waals surface area (Å²) >= 11 is 0. The highest BCUT2D eigenvalue weighted by Crippen LogP contribution is 2.09. The molecule has 7 heteroatoms. The fraction of sp³-hybridized carbons (Fsp3) is 0.312. The molecule has 1 amide bonds. The van der Waals surface area contributed by atoms with Gasteiger partial charge in [0, 0.05) is 6.92 Å². The Hall–Kier alpha value is -2.67. The van der Waals surface area contributed by atoms with Crippen molar-refractivity contribution >= 4 is 17.8 Å². The second-order valence-electron chi connectivity index (χ2n) is 4.82. The van der Waals surface area contributed by atoms with E-state index in [1.54, 1.807) is 0 Å². The molecule has 1 N–H and O–H groups in total. The van der Waals surface area contributed by atoms with Crippen molar-refractivity contribution in [2.45, 2.75) is 25.9 Å². The predicted molar refractivity (Wildman–Crippen MR) is 79.2 cm³/mol. The van der Waals surface area contributed by atoms with Crippen LogP contribution in [0.25, 0.3) is 0 Å². The van der Waals surface area contributed by atoms with Gasteiger partial charge in [0.15, 0.2) is 6.23 Å². The average Bonchev–Trinajstić information content (AvgIpc) is 2.54. The van der Waals surface area contributed by atoms with Crippen molar-refractivity contribution in [3.63, 3.8) is 0 Å². The molecule has 0 saturated heterocycles. The molecular formula is C16H17NO6. The number of ether oxygens (including phenoxy) is 3. The second-order valence-corrected chi connectivity index (χ2v) is 4.82. The Balaban J connectivity index is 1.81. The highest BCUT2D eigenvalue weighted by atomic mass is 16.6. The lowest BCUT2D eigenvalue weighted by Crippen LogP contribution is -2.47. The third kappa shape index (κ3) is 5.55. The minimum atomic E-state index is -1.16. The molecule has 1 aliphatic heterocycles. The van der Waals surface area contributed by atoms with E-state index in [4.69, 9.17) is 14.2 Å². The van der Waals surface area contributed by atoms with E-state index in [0.29, 0.717) is 0 Å². The van der Waals surface area contributed by atoms with E-state index in [-0.39, 0.29) is 13.2 Å². The maximum Gasteiger partial charge on any atom is 0.409 e. The Labute approximate surface area is 133 Å². The van der Waals surface area contributed by atoms with E-state index in [1.807, 2.05) is 30.3 Å². The zero-order valence-corrected chi connectivity index (χ0v) is 12.6. The van der Waals surface area contributed by atoms with Crippen LogP contribution in [0.15, 0.2) is 42.5 Å². The number of benzene rings is 1. The van der Waals surface area contributed by atoms with E-state index in [0.717, 1.165) is 5.56 Å². The molecule has 0 unspecified atom stereocenters. The molecule has 0 fully saturated rings. The van der Waals surface area contributed by atoms with Gasteiger partial charge in [-0.3, -0.25) is 14.9 Å². The summed E-state index contributed by atoms with van der Waals surface area (Å²) < 4.78 is 15.2. The number of hydrogen-bond donors (Lipinski definition) is 1. The number of esters is 1. The summed E-state index contributed by atoms with van der Waals surface area (Å²) in [7, 11) is 0. The monoisotopic (exact) mass is 319 g/mol. The molecule has 1 heterocycles. The molecule has 0 radical (unpaired) electrons. The van der Waals surface area contributed by atoms with Crippen molar-refractivity contribution in [3.8, 4) is 0 Å². The molecule has 0 spiro atoms. The zero-order chi connectivity index (χ0) is 16.7. The van der Waals surface area contributed by atoms with Gasteiger partial charge >= 0.3 is 12.1 Å². The number of nitrogens with one attached hydrogen (secondary N) is 1. The first-order valence-corrected chi connectivity index (χ1v) is 7.02. The summed E-state index contributed by atoms with van der Waals surface area (Å²) in [5, 5.41) is 2.33. The number of carbonyl (C=O) groups excluding carboxylic acids is 3. The summed E-state index contributed by atoms with van der Waals surface area (Å²) in [5.41, 5.74) is 0.825. The molecule has 1 aliphatic rings. The predicted octanol–water partition coefficient (Wildman–Crippen LogP) is 1.33. The zero-order valence-electron chi connectivity index (χ0n) is 12.6. The molecule has 23 heavy (non-hydrogen) atoms. The molecular weight excluding hydrogens is 302 g/mol. The summed E-state index contributed by atoms with van der Waals surface area (Å²) in [4.78, 5) is 34.2. The topological polar surface area (TPSA) is 90.9 Å². The molecule has 122 valence electrons. The molecule has 0 saturated carbocycles. The fourth-order valence-electron chi connectivity index (χ4n) is 1.85. The lowest BCUT2D eigenvalue weighted by molar-refractivity contribution is -0.148. The first kappa shape index (κ1) is 16.7. The van der Waals surface area contributed by atoms with Crippen LogP contribution in [0.3, 0.4) is 0 Å². The van der Waals surface area contributed by atoms with E-state index in [1.165, 1.54) is 19.1 Å². The number of carbonyl (C=O) groups is 3. The van der Waals surface area contributed by atoms with Crippen LogP contribution in [0.1, 0.15) is 12.5 Å². The number of rotatable bonds is 5. The van der Waals surface area contributed by atoms with Crippen molar-refractivity contribution < 1.29 is 28.6 Å². The fourth-order valence-corrected chi connectivity index (χ4v) is 1.85. The summed E-state index contributed by atoms with van der Waals surface area (Å²) in [6.07, 6.45) is 0.215. The SMILES string of the molecule is CC(=O)OC[C@@H]1C=CC(=O)[C@@H](NC(=O)OCc2ccccc2)O1. The Morgan fingerprint density at radius 2 is 1.96 bits per heavy atom. The molecule has 7 nitrogen and oxygen atoms in total. The lowest BCUT2D eigenvalue weighted by atomic mass is 10.2. The van der Waals surface area contributed by atoms with Crippen LogP contribution in [0, 0.1) is 0 Å². The minimum Gasteiger partial charge on any atom is -0.463 e. The number of alkyl carbamates (subject to hydrolysis) is 1. The van der Waals surface area contributed by atoms with Crippen molar-refractivity contribution in [3.05, 3.63) is 48.0 Å². The third-order valence-corrected chi connectivity index (χ3v) is 2.96. The molecule has 2 atom stereocenters. The van der Waals surface area contributed by atoms with Crippen LogP contribution in [0.4, 0.5) is 4.79 Å². The maximum absolute atomic E-state index is 11.7. The second kappa shape index (κ2) is 8.09. The first-order valence-electron chi connectivity index (χ1n) is 7.02. The highest BCUT2D eigenvalue weighted by molar-refractivity contribution is 5.95. The van der Waals surface area contributed by atoms with Crippen molar-refractivity contribution in [2.75, 3.05) is 6.61 Å². The quantitative estimate of drug-likeness (QED) is 0.823. The van der Waals surface area contributed by atoms with Crippen LogP contribution in [-0.2, 0) is 30.4 Å². The molecule has 0 bridgehead atoms. The Kier molecular flexibility index (Phi) is 5.87. The van der Waals surface area contributed by atoms with E-state index in [9.17, 15) is 14.4 Å². The summed E-state index contributed by atoms with van der Waals surface area (Å²) in [5.74, 6) is -0.869. The molecule has 1 aromatic rings. The van der Waals surface area contributed by atoms with Gasteiger partial charge in [0.1, 0.15) is 19.3 Å². The highest BCUT2D eigenvalue weighted by Gasteiger charge is 2.27. The lowest BCUT2D eigenvalue weighted by Gasteiger charge is -2.24. The number of hydrogen-bond acceptors (Lipinski definition) is 6. The van der Waals surface area contributed by atoms with Gasteiger partial charge in [-0.25, -0.2) is 4.79 Å². The number of amides is 1. The molecule has 1 aromatic carbocycles. The Morgan fingerprint density at radius 3 is 2.65 bits per heavy atom.